The van der Waals surface area contributed by atoms with Crippen molar-refractivity contribution in [2.45, 2.75) is 18.8 Å². The maximum Gasteiger partial charge on any atom is 0.334 e. The third kappa shape index (κ3) is 3.27. The number of halogens is 1. The standard InChI is InChI=1S/C18H21BFNO2/c20-17-4-5-18-15(11-17)13-23-19(18)16-3-1-2-14(10-16)12-21-6-8-22-9-7-21/h1-2,4-5,10-11,16H,3,6-9,12-13H2. The predicted molar refractivity (Wildman–Crippen MR) is 89.4 cm³/mol. The topological polar surface area (TPSA) is 21.7 Å². The Morgan fingerprint density at radius 3 is 3.00 bits per heavy atom. The number of fused-ring (bicyclic) bond motifs is 1. The Hall–Kier alpha value is -1.43. The van der Waals surface area contributed by atoms with E-state index < -0.39 is 0 Å². The van der Waals surface area contributed by atoms with Gasteiger partial charge in [0.1, 0.15) is 5.82 Å². The Bertz CT molecular complexity index is 640. The lowest BCUT2D eigenvalue weighted by Crippen LogP contribution is -2.38. The second kappa shape index (κ2) is 6.60. The Morgan fingerprint density at radius 2 is 2.13 bits per heavy atom. The zero-order valence-corrected chi connectivity index (χ0v) is 13.2. The number of benzene rings is 1. The van der Waals surface area contributed by atoms with E-state index in [1.54, 1.807) is 6.07 Å². The average Bonchev–Trinajstić information content (AvgIpc) is 2.99. The fourth-order valence-corrected chi connectivity index (χ4v) is 3.71. The molecule has 0 bridgehead atoms. The zero-order chi connectivity index (χ0) is 15.6. The molecule has 23 heavy (non-hydrogen) atoms. The predicted octanol–water partition coefficient (Wildman–Crippen LogP) is 2.14. The highest BCUT2D eigenvalue weighted by atomic mass is 19.1. The second-order valence-corrected chi connectivity index (χ2v) is 6.51. The summed E-state index contributed by atoms with van der Waals surface area (Å²) in [5, 5.41) is 0. The molecule has 3 aliphatic rings. The molecular weight excluding hydrogens is 292 g/mol. The molecule has 0 spiro atoms. The van der Waals surface area contributed by atoms with Crippen molar-refractivity contribution >= 4 is 12.4 Å². The molecule has 0 amide bonds. The zero-order valence-electron chi connectivity index (χ0n) is 13.2. The van der Waals surface area contributed by atoms with Crippen molar-refractivity contribution in [3.8, 4) is 0 Å². The molecule has 1 unspecified atom stereocenters. The SMILES string of the molecule is Fc1ccc2c(c1)COB2C1C=C(CN2CCOCC2)C=CC1. The number of hydrogen-bond donors (Lipinski definition) is 0. The van der Waals surface area contributed by atoms with Crippen LogP contribution in [0.3, 0.4) is 0 Å². The van der Waals surface area contributed by atoms with E-state index in [0.717, 1.165) is 50.3 Å². The third-order valence-corrected chi connectivity index (χ3v) is 4.90. The minimum atomic E-state index is -0.180. The Balaban J connectivity index is 1.49. The van der Waals surface area contributed by atoms with Gasteiger partial charge >= 0.3 is 6.92 Å². The molecular formula is C18H21BFNO2. The highest BCUT2D eigenvalue weighted by Crippen LogP contribution is 2.29. The van der Waals surface area contributed by atoms with Gasteiger partial charge in [0.2, 0.25) is 0 Å². The van der Waals surface area contributed by atoms with Crippen LogP contribution in [0.4, 0.5) is 4.39 Å². The molecule has 1 saturated heterocycles. The summed E-state index contributed by atoms with van der Waals surface area (Å²) in [4.78, 5) is 2.43. The lowest BCUT2D eigenvalue weighted by molar-refractivity contribution is 0.0425. The molecule has 120 valence electrons. The fraction of sp³-hybridized carbons (Fsp3) is 0.444. The van der Waals surface area contributed by atoms with E-state index in [1.807, 2.05) is 6.07 Å². The van der Waals surface area contributed by atoms with Crippen LogP contribution in [0.5, 0.6) is 0 Å². The normalized spacial score (nSPS) is 24.7. The van der Waals surface area contributed by atoms with Gasteiger partial charge in [-0.25, -0.2) is 4.39 Å². The van der Waals surface area contributed by atoms with E-state index in [-0.39, 0.29) is 12.7 Å². The van der Waals surface area contributed by atoms with Crippen LogP contribution in [0.25, 0.3) is 0 Å². The number of ether oxygens (including phenoxy) is 1. The summed E-state index contributed by atoms with van der Waals surface area (Å²) in [5.41, 5.74) is 3.49. The molecule has 0 N–H and O–H groups in total. The molecule has 1 aromatic rings. The average molecular weight is 313 g/mol. The summed E-state index contributed by atoms with van der Waals surface area (Å²) >= 11 is 0. The van der Waals surface area contributed by atoms with Crippen molar-refractivity contribution in [1.82, 2.24) is 4.90 Å². The van der Waals surface area contributed by atoms with Gasteiger partial charge in [-0.2, -0.15) is 0 Å². The van der Waals surface area contributed by atoms with Crippen molar-refractivity contribution in [3.05, 3.63) is 53.4 Å². The van der Waals surface area contributed by atoms with Crippen LogP contribution >= 0.6 is 0 Å². The van der Waals surface area contributed by atoms with Gasteiger partial charge in [-0.1, -0.05) is 24.3 Å². The van der Waals surface area contributed by atoms with Crippen molar-refractivity contribution in [1.29, 1.82) is 0 Å². The lowest BCUT2D eigenvalue weighted by Gasteiger charge is -2.28. The molecule has 4 rings (SSSR count). The molecule has 1 aliphatic carbocycles. The first-order chi connectivity index (χ1) is 11.3. The molecule has 1 aromatic carbocycles. The van der Waals surface area contributed by atoms with Gasteiger partial charge in [-0.05, 0) is 41.0 Å². The van der Waals surface area contributed by atoms with Crippen LogP contribution in [0.1, 0.15) is 12.0 Å². The van der Waals surface area contributed by atoms with Gasteiger partial charge in [-0.15, -0.1) is 0 Å². The first-order valence-electron chi connectivity index (χ1n) is 8.37. The van der Waals surface area contributed by atoms with Crippen LogP contribution in [-0.4, -0.2) is 44.7 Å². The molecule has 0 saturated carbocycles. The molecule has 2 aliphatic heterocycles. The van der Waals surface area contributed by atoms with Crippen molar-refractivity contribution in [2.24, 2.45) is 0 Å². The number of hydrogen-bond acceptors (Lipinski definition) is 3. The largest absolute Gasteiger partial charge is 0.426 e. The molecule has 1 atom stereocenters. The summed E-state index contributed by atoms with van der Waals surface area (Å²) in [6.45, 7) is 5.19. The number of allylic oxidation sites excluding steroid dienone is 2. The van der Waals surface area contributed by atoms with E-state index in [2.05, 4.69) is 23.1 Å². The minimum Gasteiger partial charge on any atom is -0.426 e. The van der Waals surface area contributed by atoms with E-state index in [1.165, 1.54) is 11.6 Å². The third-order valence-electron chi connectivity index (χ3n) is 4.90. The Morgan fingerprint density at radius 1 is 1.26 bits per heavy atom. The van der Waals surface area contributed by atoms with Gasteiger partial charge < -0.3 is 9.39 Å². The van der Waals surface area contributed by atoms with Gasteiger partial charge in [0.25, 0.3) is 0 Å². The Kier molecular flexibility index (Phi) is 4.34. The summed E-state index contributed by atoms with van der Waals surface area (Å²) in [6, 6.07) is 5.03. The Labute approximate surface area is 136 Å². The lowest BCUT2D eigenvalue weighted by atomic mass is 9.49. The quantitative estimate of drug-likeness (QED) is 0.798. The monoisotopic (exact) mass is 313 g/mol. The summed E-state index contributed by atoms with van der Waals surface area (Å²) in [5.74, 6) is 0.155. The molecule has 3 nitrogen and oxygen atoms in total. The van der Waals surface area contributed by atoms with Crippen LogP contribution in [0, 0.1) is 5.82 Å². The summed E-state index contributed by atoms with van der Waals surface area (Å²) in [7, 11) is 0. The first kappa shape index (κ1) is 15.1. The minimum absolute atomic E-state index is 0.0511. The summed E-state index contributed by atoms with van der Waals surface area (Å²) < 4.78 is 24.7. The molecule has 0 aromatic heterocycles. The first-order valence-corrected chi connectivity index (χ1v) is 8.37. The number of rotatable bonds is 3. The van der Waals surface area contributed by atoms with E-state index in [9.17, 15) is 4.39 Å². The fourth-order valence-electron chi connectivity index (χ4n) is 3.71. The molecule has 1 fully saturated rings. The van der Waals surface area contributed by atoms with Crippen molar-refractivity contribution in [3.63, 3.8) is 0 Å². The van der Waals surface area contributed by atoms with Crippen LogP contribution in [-0.2, 0) is 16.0 Å². The van der Waals surface area contributed by atoms with E-state index in [0.29, 0.717) is 12.4 Å². The van der Waals surface area contributed by atoms with Gasteiger partial charge in [-0.3, -0.25) is 4.90 Å². The van der Waals surface area contributed by atoms with Gasteiger partial charge in [0, 0.05) is 19.6 Å². The molecule has 2 heterocycles. The molecule has 5 heteroatoms. The highest BCUT2D eigenvalue weighted by molar-refractivity contribution is 6.70. The maximum atomic E-state index is 13.4. The van der Waals surface area contributed by atoms with Crippen LogP contribution < -0.4 is 5.46 Å². The van der Waals surface area contributed by atoms with Crippen molar-refractivity contribution < 1.29 is 13.8 Å². The van der Waals surface area contributed by atoms with Gasteiger partial charge in [0.05, 0.1) is 19.8 Å². The molecule has 0 radical (unpaired) electrons. The number of nitrogens with zero attached hydrogens (tertiary/aromatic N) is 1. The summed E-state index contributed by atoms with van der Waals surface area (Å²) in [6.07, 6.45) is 7.80. The van der Waals surface area contributed by atoms with E-state index in [4.69, 9.17) is 9.39 Å². The van der Waals surface area contributed by atoms with E-state index >= 15 is 0 Å². The number of morpholine rings is 1. The van der Waals surface area contributed by atoms with Crippen molar-refractivity contribution in [2.75, 3.05) is 32.8 Å². The van der Waals surface area contributed by atoms with Crippen LogP contribution in [0.15, 0.2) is 42.0 Å². The highest BCUT2D eigenvalue weighted by Gasteiger charge is 2.35. The van der Waals surface area contributed by atoms with Crippen LogP contribution in [0.2, 0.25) is 5.82 Å². The maximum absolute atomic E-state index is 13.4. The smallest absolute Gasteiger partial charge is 0.334 e. The second-order valence-electron chi connectivity index (χ2n) is 6.51. The van der Waals surface area contributed by atoms with Gasteiger partial charge in [0.15, 0.2) is 0 Å².